The Morgan fingerprint density at radius 2 is 1.57 bits per heavy atom. The normalized spacial score (nSPS) is 10.0. The highest BCUT2D eigenvalue weighted by Gasteiger charge is 2.07. The van der Waals surface area contributed by atoms with Gasteiger partial charge in [0.05, 0.1) is 13.5 Å². The van der Waals surface area contributed by atoms with Crippen molar-refractivity contribution in [3.63, 3.8) is 0 Å². The van der Waals surface area contributed by atoms with Crippen molar-refractivity contribution in [2.24, 2.45) is 0 Å². The Labute approximate surface area is 133 Å². The van der Waals surface area contributed by atoms with E-state index in [1.54, 1.807) is 24.3 Å². The molecule has 0 bridgehead atoms. The van der Waals surface area contributed by atoms with Gasteiger partial charge in [-0.1, -0.05) is 0 Å². The molecule has 120 valence electrons. The lowest BCUT2D eigenvalue weighted by Gasteiger charge is -2.07. The van der Waals surface area contributed by atoms with Crippen molar-refractivity contribution in [2.45, 2.75) is 6.42 Å². The number of methoxy groups -OCH3 is 1. The standard InChI is InChI=1S/C17H16FNO4/c1-22-16(20)10-11-19-17(21)12-2-6-14(7-3-12)23-15-8-4-13(18)5-9-15/h2-9H,10-11H2,1H3,(H,19,21). The smallest absolute Gasteiger partial charge is 0.307 e. The van der Waals surface area contributed by atoms with Crippen molar-refractivity contribution >= 4 is 11.9 Å². The minimum Gasteiger partial charge on any atom is -0.469 e. The molecule has 2 aromatic carbocycles. The first-order valence-corrected chi connectivity index (χ1v) is 6.97. The molecule has 1 amide bonds. The van der Waals surface area contributed by atoms with Crippen LogP contribution in [0.15, 0.2) is 48.5 Å². The Balaban J connectivity index is 1.89. The van der Waals surface area contributed by atoms with Gasteiger partial charge < -0.3 is 14.8 Å². The largest absolute Gasteiger partial charge is 0.469 e. The first-order chi connectivity index (χ1) is 11.1. The van der Waals surface area contributed by atoms with Crippen molar-refractivity contribution in [2.75, 3.05) is 13.7 Å². The number of ether oxygens (including phenoxy) is 2. The van der Waals surface area contributed by atoms with Crippen molar-refractivity contribution in [3.8, 4) is 11.5 Å². The number of carbonyl (C=O) groups excluding carboxylic acids is 2. The van der Waals surface area contributed by atoms with Crippen LogP contribution in [0.1, 0.15) is 16.8 Å². The van der Waals surface area contributed by atoms with E-state index in [0.29, 0.717) is 17.1 Å². The molecule has 2 rings (SSSR count). The highest BCUT2D eigenvalue weighted by atomic mass is 19.1. The van der Waals surface area contributed by atoms with E-state index in [2.05, 4.69) is 10.1 Å². The topological polar surface area (TPSA) is 64.6 Å². The van der Waals surface area contributed by atoms with Gasteiger partial charge in [0, 0.05) is 12.1 Å². The first-order valence-electron chi connectivity index (χ1n) is 6.97. The predicted molar refractivity (Wildman–Crippen MR) is 81.9 cm³/mol. The van der Waals surface area contributed by atoms with Crippen LogP contribution in [-0.4, -0.2) is 25.5 Å². The molecule has 0 aliphatic heterocycles. The van der Waals surface area contributed by atoms with Gasteiger partial charge >= 0.3 is 5.97 Å². The highest BCUT2D eigenvalue weighted by Crippen LogP contribution is 2.21. The van der Waals surface area contributed by atoms with Crippen LogP contribution >= 0.6 is 0 Å². The molecule has 0 atom stereocenters. The molecule has 0 fully saturated rings. The fourth-order valence-corrected chi connectivity index (χ4v) is 1.80. The van der Waals surface area contributed by atoms with Gasteiger partial charge in [0.2, 0.25) is 0 Å². The number of hydrogen-bond donors (Lipinski definition) is 1. The van der Waals surface area contributed by atoms with Gasteiger partial charge in [-0.05, 0) is 48.5 Å². The summed E-state index contributed by atoms with van der Waals surface area (Å²) in [5.74, 6) is 0.0244. The third-order valence-corrected chi connectivity index (χ3v) is 3.01. The summed E-state index contributed by atoms with van der Waals surface area (Å²) in [5.41, 5.74) is 0.446. The molecule has 0 aliphatic carbocycles. The SMILES string of the molecule is COC(=O)CCNC(=O)c1ccc(Oc2ccc(F)cc2)cc1. The lowest BCUT2D eigenvalue weighted by Crippen LogP contribution is -2.26. The van der Waals surface area contributed by atoms with Gasteiger partial charge in [-0.2, -0.15) is 0 Å². The van der Waals surface area contributed by atoms with E-state index >= 15 is 0 Å². The summed E-state index contributed by atoms with van der Waals surface area (Å²) in [6.45, 7) is 0.208. The number of esters is 1. The maximum atomic E-state index is 12.8. The fraction of sp³-hybridized carbons (Fsp3) is 0.176. The molecule has 0 radical (unpaired) electrons. The molecule has 0 aromatic heterocycles. The van der Waals surface area contributed by atoms with E-state index in [1.807, 2.05) is 0 Å². The van der Waals surface area contributed by atoms with Crippen LogP contribution in [0.3, 0.4) is 0 Å². The van der Waals surface area contributed by atoms with Crippen LogP contribution in [0.2, 0.25) is 0 Å². The predicted octanol–water partition coefficient (Wildman–Crippen LogP) is 2.91. The Morgan fingerprint density at radius 1 is 1.00 bits per heavy atom. The second kappa shape index (κ2) is 7.93. The number of nitrogens with one attached hydrogen (secondary N) is 1. The quantitative estimate of drug-likeness (QED) is 0.832. The summed E-state index contributed by atoms with van der Waals surface area (Å²) in [7, 11) is 1.30. The molecule has 2 aromatic rings. The van der Waals surface area contributed by atoms with Gasteiger partial charge in [0.15, 0.2) is 0 Å². The van der Waals surface area contributed by atoms with Crippen molar-refractivity contribution < 1.29 is 23.5 Å². The first kappa shape index (κ1) is 16.5. The minimum atomic E-state index is -0.381. The van der Waals surface area contributed by atoms with Gasteiger partial charge in [0.1, 0.15) is 17.3 Å². The maximum absolute atomic E-state index is 12.8. The van der Waals surface area contributed by atoms with E-state index in [9.17, 15) is 14.0 Å². The van der Waals surface area contributed by atoms with E-state index in [1.165, 1.54) is 31.4 Å². The third-order valence-electron chi connectivity index (χ3n) is 3.01. The van der Waals surface area contributed by atoms with Crippen molar-refractivity contribution in [1.29, 1.82) is 0 Å². The number of benzene rings is 2. The van der Waals surface area contributed by atoms with E-state index < -0.39 is 0 Å². The average Bonchev–Trinajstić information content (AvgIpc) is 2.57. The summed E-state index contributed by atoms with van der Waals surface area (Å²) >= 11 is 0. The zero-order chi connectivity index (χ0) is 16.7. The number of hydrogen-bond acceptors (Lipinski definition) is 4. The monoisotopic (exact) mass is 317 g/mol. The summed E-state index contributed by atoms with van der Waals surface area (Å²) in [6, 6.07) is 12.1. The minimum absolute atomic E-state index is 0.119. The molecular formula is C17H16FNO4. The fourth-order valence-electron chi connectivity index (χ4n) is 1.80. The molecule has 0 unspecified atom stereocenters. The average molecular weight is 317 g/mol. The molecule has 0 saturated heterocycles. The lowest BCUT2D eigenvalue weighted by atomic mass is 10.2. The Hall–Kier alpha value is -2.89. The second-order valence-electron chi connectivity index (χ2n) is 4.66. The Bertz CT molecular complexity index is 668. The van der Waals surface area contributed by atoms with Crippen molar-refractivity contribution in [3.05, 3.63) is 59.9 Å². The zero-order valence-electron chi connectivity index (χ0n) is 12.5. The molecule has 5 nitrogen and oxygen atoms in total. The van der Waals surface area contributed by atoms with Crippen LogP contribution in [0, 0.1) is 5.82 Å². The highest BCUT2D eigenvalue weighted by molar-refractivity contribution is 5.94. The van der Waals surface area contributed by atoms with Crippen LogP contribution in [0.4, 0.5) is 4.39 Å². The van der Waals surface area contributed by atoms with E-state index in [-0.39, 0.29) is 30.7 Å². The summed E-state index contributed by atoms with van der Waals surface area (Å²) in [5, 5.41) is 2.62. The number of halogens is 1. The molecule has 23 heavy (non-hydrogen) atoms. The summed E-state index contributed by atoms with van der Waals surface area (Å²) in [6.07, 6.45) is 0.119. The number of amides is 1. The van der Waals surface area contributed by atoms with Gasteiger partial charge in [-0.25, -0.2) is 4.39 Å². The Morgan fingerprint density at radius 3 is 2.13 bits per heavy atom. The van der Waals surface area contributed by atoms with Gasteiger partial charge in [0.25, 0.3) is 5.91 Å². The van der Waals surface area contributed by atoms with E-state index in [0.717, 1.165) is 0 Å². The molecule has 0 heterocycles. The van der Waals surface area contributed by atoms with Crippen LogP contribution in [-0.2, 0) is 9.53 Å². The second-order valence-corrected chi connectivity index (χ2v) is 4.66. The van der Waals surface area contributed by atoms with Crippen molar-refractivity contribution in [1.82, 2.24) is 5.32 Å². The number of carbonyl (C=O) groups is 2. The summed E-state index contributed by atoms with van der Waals surface area (Å²) in [4.78, 5) is 22.8. The van der Waals surface area contributed by atoms with Crippen LogP contribution < -0.4 is 10.1 Å². The maximum Gasteiger partial charge on any atom is 0.307 e. The van der Waals surface area contributed by atoms with Gasteiger partial charge in [-0.15, -0.1) is 0 Å². The molecule has 0 saturated carbocycles. The molecule has 6 heteroatoms. The number of rotatable bonds is 6. The zero-order valence-corrected chi connectivity index (χ0v) is 12.5. The van der Waals surface area contributed by atoms with E-state index in [4.69, 9.17) is 4.74 Å². The van der Waals surface area contributed by atoms with Crippen LogP contribution in [0.5, 0.6) is 11.5 Å². The summed E-state index contributed by atoms with van der Waals surface area (Å²) < 4.78 is 22.8. The molecular weight excluding hydrogens is 301 g/mol. The molecule has 0 aliphatic rings. The third kappa shape index (κ3) is 5.10. The van der Waals surface area contributed by atoms with Crippen LogP contribution in [0.25, 0.3) is 0 Å². The Kier molecular flexibility index (Phi) is 5.68. The van der Waals surface area contributed by atoms with Gasteiger partial charge in [-0.3, -0.25) is 9.59 Å². The lowest BCUT2D eigenvalue weighted by molar-refractivity contribution is -0.140. The molecule has 0 spiro atoms. The molecule has 1 N–H and O–H groups in total.